The van der Waals surface area contributed by atoms with E-state index in [0.29, 0.717) is 23.8 Å². The fourth-order valence-electron chi connectivity index (χ4n) is 1.86. The van der Waals surface area contributed by atoms with Crippen LogP contribution in [0.3, 0.4) is 0 Å². The lowest BCUT2D eigenvalue weighted by atomic mass is 9.97. The van der Waals surface area contributed by atoms with Gasteiger partial charge in [0.2, 0.25) is 0 Å². The van der Waals surface area contributed by atoms with Crippen molar-refractivity contribution in [3.63, 3.8) is 0 Å². The number of halogens is 1. The van der Waals surface area contributed by atoms with Crippen molar-refractivity contribution in [1.82, 2.24) is 0 Å². The number of carbonyl (C=O) groups excluding carboxylic acids is 1. The fraction of sp³-hybridized carbons (Fsp3) is 0.308. The third kappa shape index (κ3) is 2.44. The van der Waals surface area contributed by atoms with Gasteiger partial charge in [0.25, 0.3) is 0 Å². The van der Waals surface area contributed by atoms with Crippen LogP contribution in [0.15, 0.2) is 18.2 Å². The molecule has 0 saturated heterocycles. The summed E-state index contributed by atoms with van der Waals surface area (Å²) in [6.07, 6.45) is 2.18. The molecule has 0 saturated carbocycles. The molecule has 17 heavy (non-hydrogen) atoms. The van der Waals surface area contributed by atoms with E-state index in [9.17, 15) is 4.79 Å². The van der Waals surface area contributed by atoms with E-state index in [1.165, 1.54) is 13.2 Å². The minimum Gasteiger partial charge on any atom is -0.491 e. The number of ether oxygens (including phenoxy) is 2. The van der Waals surface area contributed by atoms with Crippen LogP contribution < -0.4 is 4.74 Å². The first kappa shape index (κ1) is 12.0. The summed E-state index contributed by atoms with van der Waals surface area (Å²) in [5.74, 6) is 0.296. The highest BCUT2D eigenvalue weighted by atomic mass is 35.5. The molecular formula is C13H13ClO3. The second-order valence-electron chi connectivity index (χ2n) is 3.91. The zero-order valence-electron chi connectivity index (χ0n) is 9.75. The number of carbonyl (C=O) groups is 1. The first-order valence-corrected chi connectivity index (χ1v) is 5.71. The molecule has 1 aliphatic heterocycles. The molecule has 0 bridgehead atoms. The molecular weight excluding hydrogens is 240 g/mol. The largest absolute Gasteiger partial charge is 0.491 e. The Hall–Kier alpha value is -1.48. The van der Waals surface area contributed by atoms with Crippen molar-refractivity contribution < 1.29 is 14.3 Å². The maximum Gasteiger partial charge on any atom is 0.330 e. The number of rotatable bonds is 1. The van der Waals surface area contributed by atoms with Crippen LogP contribution in [0.25, 0.3) is 5.57 Å². The summed E-state index contributed by atoms with van der Waals surface area (Å²) >= 11 is 6.11. The minimum atomic E-state index is -0.356. The predicted molar refractivity (Wildman–Crippen MR) is 66.3 cm³/mol. The van der Waals surface area contributed by atoms with Crippen molar-refractivity contribution in [1.29, 1.82) is 0 Å². The fourth-order valence-corrected chi connectivity index (χ4v) is 2.19. The summed E-state index contributed by atoms with van der Waals surface area (Å²) in [5.41, 5.74) is 2.82. The third-order valence-corrected chi connectivity index (χ3v) is 2.93. The Labute approximate surface area is 105 Å². The second-order valence-corrected chi connectivity index (χ2v) is 4.32. The van der Waals surface area contributed by atoms with Gasteiger partial charge in [-0.3, -0.25) is 0 Å². The van der Waals surface area contributed by atoms with Gasteiger partial charge in [0, 0.05) is 18.1 Å². The van der Waals surface area contributed by atoms with E-state index in [0.717, 1.165) is 16.7 Å². The number of hydrogen-bond donors (Lipinski definition) is 0. The molecule has 4 heteroatoms. The molecule has 1 aliphatic rings. The van der Waals surface area contributed by atoms with Crippen LogP contribution in [0, 0.1) is 6.92 Å². The lowest BCUT2D eigenvalue weighted by molar-refractivity contribution is -0.134. The molecule has 3 nitrogen and oxygen atoms in total. The summed E-state index contributed by atoms with van der Waals surface area (Å²) in [6, 6.07) is 3.82. The molecule has 90 valence electrons. The number of methoxy groups -OCH3 is 1. The predicted octanol–water partition coefficient (Wildman–Crippen LogP) is 2.99. The van der Waals surface area contributed by atoms with E-state index in [1.54, 1.807) is 0 Å². The maximum atomic E-state index is 11.3. The highest BCUT2D eigenvalue weighted by molar-refractivity contribution is 6.32. The van der Waals surface area contributed by atoms with E-state index >= 15 is 0 Å². The number of hydrogen-bond acceptors (Lipinski definition) is 3. The van der Waals surface area contributed by atoms with E-state index in [1.807, 2.05) is 19.1 Å². The second kappa shape index (κ2) is 4.80. The van der Waals surface area contributed by atoms with Gasteiger partial charge in [-0.2, -0.15) is 0 Å². The van der Waals surface area contributed by atoms with Gasteiger partial charge < -0.3 is 9.47 Å². The average Bonchev–Trinajstić information content (AvgIpc) is 2.30. The topological polar surface area (TPSA) is 35.5 Å². The van der Waals surface area contributed by atoms with Crippen molar-refractivity contribution in [3.8, 4) is 5.75 Å². The molecule has 2 rings (SSSR count). The zero-order chi connectivity index (χ0) is 12.4. The maximum absolute atomic E-state index is 11.3. The van der Waals surface area contributed by atoms with Gasteiger partial charge >= 0.3 is 5.97 Å². The lowest BCUT2D eigenvalue weighted by Gasteiger charge is -2.21. The number of benzene rings is 1. The summed E-state index contributed by atoms with van der Waals surface area (Å²) in [6.45, 7) is 2.48. The van der Waals surface area contributed by atoms with Crippen LogP contribution in [0.5, 0.6) is 5.75 Å². The van der Waals surface area contributed by atoms with Gasteiger partial charge in [-0.1, -0.05) is 11.6 Å². The summed E-state index contributed by atoms with van der Waals surface area (Å²) in [5, 5.41) is 0.579. The number of esters is 1. The molecule has 1 aromatic rings. The Balaban J connectivity index is 2.51. The minimum absolute atomic E-state index is 0.356. The zero-order valence-corrected chi connectivity index (χ0v) is 10.5. The molecule has 0 aromatic heterocycles. The van der Waals surface area contributed by atoms with Gasteiger partial charge in [0.05, 0.1) is 18.7 Å². The Bertz CT molecular complexity index is 492. The molecule has 1 heterocycles. The molecule has 0 spiro atoms. The van der Waals surface area contributed by atoms with Gasteiger partial charge in [-0.25, -0.2) is 4.79 Å². The monoisotopic (exact) mass is 252 g/mol. The molecule has 0 amide bonds. The quantitative estimate of drug-likeness (QED) is 0.569. The molecule has 0 aliphatic carbocycles. The first-order chi connectivity index (χ1) is 8.11. The van der Waals surface area contributed by atoms with E-state index in [-0.39, 0.29) is 5.97 Å². The lowest BCUT2D eigenvalue weighted by Crippen LogP contribution is -2.10. The Morgan fingerprint density at radius 3 is 3.00 bits per heavy atom. The molecule has 0 atom stereocenters. The normalized spacial score (nSPS) is 16.3. The summed E-state index contributed by atoms with van der Waals surface area (Å²) < 4.78 is 10.2. The number of aryl methyl sites for hydroxylation is 1. The third-order valence-electron chi connectivity index (χ3n) is 2.64. The first-order valence-electron chi connectivity index (χ1n) is 5.33. The smallest absolute Gasteiger partial charge is 0.330 e. The van der Waals surface area contributed by atoms with Crippen LogP contribution in [0.1, 0.15) is 17.5 Å². The van der Waals surface area contributed by atoms with E-state index in [4.69, 9.17) is 16.3 Å². The van der Waals surface area contributed by atoms with Crippen molar-refractivity contribution in [3.05, 3.63) is 34.4 Å². The van der Waals surface area contributed by atoms with Gasteiger partial charge in [-0.05, 0) is 30.2 Å². The van der Waals surface area contributed by atoms with Crippen LogP contribution in [0.4, 0.5) is 0 Å². The van der Waals surface area contributed by atoms with Crippen LogP contribution in [-0.2, 0) is 9.53 Å². The Morgan fingerprint density at radius 2 is 2.29 bits per heavy atom. The number of fused-ring (bicyclic) bond motifs is 1. The van der Waals surface area contributed by atoms with Crippen molar-refractivity contribution in [2.75, 3.05) is 13.7 Å². The SMILES string of the molecule is COC(=O)/C=C1/CCOc2c(Cl)cc(C)cc21. The summed E-state index contributed by atoms with van der Waals surface area (Å²) in [7, 11) is 1.36. The Kier molecular flexibility index (Phi) is 3.38. The van der Waals surface area contributed by atoms with Crippen LogP contribution >= 0.6 is 11.6 Å². The molecule has 0 unspecified atom stereocenters. The molecule has 0 radical (unpaired) electrons. The standard InChI is InChI=1S/C13H13ClO3/c1-8-5-10-9(7-12(15)16-2)3-4-17-13(10)11(14)6-8/h5-7H,3-4H2,1-2H3/b9-7-. The van der Waals surface area contributed by atoms with Crippen LogP contribution in [-0.4, -0.2) is 19.7 Å². The average molecular weight is 253 g/mol. The van der Waals surface area contributed by atoms with Gasteiger partial charge in [0.1, 0.15) is 5.75 Å². The van der Waals surface area contributed by atoms with Gasteiger partial charge in [0.15, 0.2) is 0 Å². The highest BCUT2D eigenvalue weighted by Gasteiger charge is 2.19. The van der Waals surface area contributed by atoms with Gasteiger partial charge in [-0.15, -0.1) is 0 Å². The highest BCUT2D eigenvalue weighted by Crippen LogP contribution is 2.39. The van der Waals surface area contributed by atoms with Crippen molar-refractivity contribution >= 4 is 23.1 Å². The van der Waals surface area contributed by atoms with Crippen molar-refractivity contribution in [2.45, 2.75) is 13.3 Å². The summed E-state index contributed by atoms with van der Waals surface area (Å²) in [4.78, 5) is 11.3. The van der Waals surface area contributed by atoms with E-state index < -0.39 is 0 Å². The van der Waals surface area contributed by atoms with Crippen LogP contribution in [0.2, 0.25) is 5.02 Å². The molecule has 0 fully saturated rings. The molecule has 0 N–H and O–H groups in total. The van der Waals surface area contributed by atoms with E-state index in [2.05, 4.69) is 4.74 Å². The van der Waals surface area contributed by atoms with Crippen molar-refractivity contribution in [2.24, 2.45) is 0 Å². The molecule has 1 aromatic carbocycles. The Morgan fingerprint density at radius 1 is 1.53 bits per heavy atom.